The first kappa shape index (κ1) is 22.1. The van der Waals surface area contributed by atoms with E-state index in [9.17, 15) is 13.2 Å². The fraction of sp³-hybridized carbons (Fsp3) is 0.217. The van der Waals surface area contributed by atoms with Crippen molar-refractivity contribution in [3.63, 3.8) is 0 Å². The Morgan fingerprint density at radius 1 is 1.24 bits per heavy atom. The number of rotatable bonds is 5. The van der Waals surface area contributed by atoms with Gasteiger partial charge in [0.25, 0.3) is 0 Å². The summed E-state index contributed by atoms with van der Waals surface area (Å²) in [4.78, 5) is 8.89. The molecule has 0 saturated heterocycles. The Kier molecular flexibility index (Phi) is 5.87. The van der Waals surface area contributed by atoms with Crippen LogP contribution in [0.3, 0.4) is 0 Å². The van der Waals surface area contributed by atoms with Gasteiger partial charge in [-0.15, -0.1) is 0 Å². The second kappa shape index (κ2) is 8.78. The molecule has 0 bridgehead atoms. The van der Waals surface area contributed by atoms with Crippen LogP contribution in [-0.4, -0.2) is 30.9 Å². The average Bonchev–Trinajstić information content (AvgIpc) is 3.30. The molecule has 1 aromatic carbocycles. The van der Waals surface area contributed by atoms with E-state index in [1.54, 1.807) is 48.9 Å². The monoisotopic (exact) mass is 452 g/mol. The molecule has 1 aliphatic rings. The summed E-state index contributed by atoms with van der Waals surface area (Å²) in [6, 6.07) is 6.88. The Hall–Kier alpha value is -4.13. The van der Waals surface area contributed by atoms with Crippen LogP contribution < -0.4 is 4.74 Å². The van der Waals surface area contributed by atoms with Gasteiger partial charge in [0.1, 0.15) is 12.0 Å². The molecule has 0 N–H and O–H groups in total. The first-order chi connectivity index (χ1) is 15.8. The summed E-state index contributed by atoms with van der Waals surface area (Å²) in [5, 5.41) is 13.4. The molecule has 7 nitrogen and oxygen atoms in total. The number of benzene rings is 1. The van der Waals surface area contributed by atoms with E-state index in [2.05, 4.69) is 21.1 Å². The molecule has 168 valence electrons. The van der Waals surface area contributed by atoms with Gasteiger partial charge in [0.15, 0.2) is 5.82 Å². The molecule has 2 heterocycles. The Morgan fingerprint density at radius 3 is 2.79 bits per heavy atom. The molecule has 1 atom stereocenters. The van der Waals surface area contributed by atoms with E-state index in [0.717, 1.165) is 12.1 Å². The Balaban J connectivity index is 1.82. The van der Waals surface area contributed by atoms with Gasteiger partial charge in [-0.2, -0.15) is 28.5 Å². The first-order valence-electron chi connectivity index (χ1n) is 10.1. The second-order valence-corrected chi connectivity index (χ2v) is 7.14. The normalized spacial score (nSPS) is 15.8. The Labute approximate surface area is 187 Å². The molecule has 0 fully saturated rings. The number of imidazole rings is 1. The molecule has 10 heteroatoms. The van der Waals surface area contributed by atoms with Crippen LogP contribution in [0.2, 0.25) is 0 Å². The topological polar surface area (TPSA) is 81.6 Å². The predicted octanol–water partition coefficient (Wildman–Crippen LogP) is 4.97. The number of nitriles is 1. The summed E-state index contributed by atoms with van der Waals surface area (Å²) >= 11 is 0. The quantitative estimate of drug-likeness (QED) is 0.546. The lowest BCUT2D eigenvalue weighted by Crippen LogP contribution is -2.09. The number of alkyl halides is 3. The van der Waals surface area contributed by atoms with Crippen molar-refractivity contribution < 1.29 is 17.9 Å². The smallest absolute Gasteiger partial charge is 0.416 e. The van der Waals surface area contributed by atoms with Crippen LogP contribution >= 0.6 is 0 Å². The van der Waals surface area contributed by atoms with Crippen LogP contribution in [0.5, 0.6) is 6.01 Å². The summed E-state index contributed by atoms with van der Waals surface area (Å²) in [6.45, 7) is 3.78. The molecule has 4 rings (SSSR count). The van der Waals surface area contributed by atoms with E-state index in [4.69, 9.17) is 10.00 Å². The molecule has 1 aliphatic carbocycles. The minimum atomic E-state index is -4.48. The third-order valence-corrected chi connectivity index (χ3v) is 5.04. The van der Waals surface area contributed by atoms with Crippen LogP contribution in [0.15, 0.2) is 66.5 Å². The van der Waals surface area contributed by atoms with Crippen molar-refractivity contribution in [1.82, 2.24) is 24.3 Å². The minimum Gasteiger partial charge on any atom is -0.465 e. The predicted molar refractivity (Wildman–Crippen MR) is 115 cm³/mol. The SMILES string of the molecule is CCOc1nc(-c2ncnn2C2C=CC=C(C#N)C=C2)c(C)n1-c1cccc(C(F)(F)F)c1. The molecule has 0 amide bonds. The maximum absolute atomic E-state index is 13.3. The van der Waals surface area contributed by atoms with Crippen molar-refractivity contribution in [3.05, 3.63) is 77.8 Å². The van der Waals surface area contributed by atoms with Gasteiger partial charge in [0, 0.05) is 0 Å². The van der Waals surface area contributed by atoms with Crippen molar-refractivity contribution in [2.24, 2.45) is 0 Å². The number of ether oxygens (including phenoxy) is 1. The van der Waals surface area contributed by atoms with Crippen LogP contribution in [0, 0.1) is 18.3 Å². The van der Waals surface area contributed by atoms with Gasteiger partial charge in [-0.3, -0.25) is 4.57 Å². The number of hydrogen-bond donors (Lipinski definition) is 0. The second-order valence-electron chi connectivity index (χ2n) is 7.14. The number of halogens is 3. The molecule has 0 spiro atoms. The summed E-state index contributed by atoms with van der Waals surface area (Å²) in [7, 11) is 0. The Bertz CT molecular complexity index is 1310. The van der Waals surface area contributed by atoms with Crippen LogP contribution in [0.4, 0.5) is 13.2 Å². The molecule has 0 saturated carbocycles. The third kappa shape index (κ3) is 4.30. The molecule has 2 aromatic heterocycles. The van der Waals surface area contributed by atoms with E-state index in [0.29, 0.717) is 22.8 Å². The van der Waals surface area contributed by atoms with Crippen molar-refractivity contribution >= 4 is 0 Å². The molecule has 0 radical (unpaired) electrons. The summed E-state index contributed by atoms with van der Waals surface area (Å²) in [5.41, 5.74) is 0.971. The van der Waals surface area contributed by atoms with E-state index in [-0.39, 0.29) is 24.3 Å². The molecule has 3 aromatic rings. The molecule has 0 aliphatic heterocycles. The molecular formula is C23H19F3N6O. The lowest BCUT2D eigenvalue weighted by atomic mass is 10.2. The highest BCUT2D eigenvalue weighted by Crippen LogP contribution is 2.34. The fourth-order valence-corrected chi connectivity index (χ4v) is 3.51. The van der Waals surface area contributed by atoms with Crippen molar-refractivity contribution in [1.29, 1.82) is 5.26 Å². The van der Waals surface area contributed by atoms with Gasteiger partial charge in [-0.25, -0.2) is 9.67 Å². The Morgan fingerprint density at radius 2 is 2.06 bits per heavy atom. The van der Waals surface area contributed by atoms with Gasteiger partial charge in [0.05, 0.1) is 41.2 Å². The van der Waals surface area contributed by atoms with E-state index in [1.165, 1.54) is 17.0 Å². The number of aromatic nitrogens is 5. The average molecular weight is 452 g/mol. The zero-order valence-corrected chi connectivity index (χ0v) is 17.8. The maximum atomic E-state index is 13.3. The van der Waals surface area contributed by atoms with E-state index in [1.807, 2.05) is 6.08 Å². The zero-order chi connectivity index (χ0) is 23.6. The summed E-state index contributed by atoms with van der Waals surface area (Å²) in [5.74, 6) is 0.416. The number of hydrogen-bond acceptors (Lipinski definition) is 5. The van der Waals surface area contributed by atoms with Crippen LogP contribution in [0.25, 0.3) is 17.2 Å². The lowest BCUT2D eigenvalue weighted by molar-refractivity contribution is -0.137. The third-order valence-electron chi connectivity index (χ3n) is 5.04. The standard InChI is InChI=1S/C23H19F3N6O/c1-3-33-22-30-20(15(2)31(22)19-9-5-7-17(12-19)23(24,25)26)21-28-14-29-32(21)18-8-4-6-16(13-27)10-11-18/h4-12,14,18H,3H2,1-2H3. The largest absolute Gasteiger partial charge is 0.465 e. The van der Waals surface area contributed by atoms with Gasteiger partial charge in [-0.1, -0.05) is 24.3 Å². The number of allylic oxidation sites excluding steroid dienone is 6. The lowest BCUT2D eigenvalue weighted by Gasteiger charge is -2.13. The zero-order valence-electron chi connectivity index (χ0n) is 17.8. The van der Waals surface area contributed by atoms with Crippen LogP contribution in [0.1, 0.15) is 24.2 Å². The molecular weight excluding hydrogens is 433 g/mol. The minimum absolute atomic E-state index is 0.152. The first-order valence-corrected chi connectivity index (χ1v) is 10.1. The summed E-state index contributed by atoms with van der Waals surface area (Å²) in [6.07, 6.45) is 5.69. The van der Waals surface area contributed by atoms with Gasteiger partial charge in [0.2, 0.25) is 0 Å². The van der Waals surface area contributed by atoms with Crippen molar-refractivity contribution in [2.45, 2.75) is 26.1 Å². The van der Waals surface area contributed by atoms with E-state index >= 15 is 0 Å². The van der Waals surface area contributed by atoms with Crippen LogP contribution in [-0.2, 0) is 6.18 Å². The highest BCUT2D eigenvalue weighted by Gasteiger charge is 2.31. The highest BCUT2D eigenvalue weighted by molar-refractivity contribution is 5.58. The summed E-state index contributed by atoms with van der Waals surface area (Å²) < 4.78 is 48.7. The number of nitrogens with zero attached hydrogens (tertiary/aromatic N) is 6. The van der Waals surface area contributed by atoms with Gasteiger partial charge >= 0.3 is 12.2 Å². The van der Waals surface area contributed by atoms with Gasteiger partial charge < -0.3 is 4.74 Å². The molecule has 1 unspecified atom stereocenters. The fourth-order valence-electron chi connectivity index (χ4n) is 3.51. The molecule has 33 heavy (non-hydrogen) atoms. The van der Waals surface area contributed by atoms with E-state index < -0.39 is 11.7 Å². The van der Waals surface area contributed by atoms with Crippen molar-refractivity contribution in [3.8, 4) is 29.3 Å². The van der Waals surface area contributed by atoms with Crippen molar-refractivity contribution in [2.75, 3.05) is 6.61 Å². The maximum Gasteiger partial charge on any atom is 0.416 e. The highest BCUT2D eigenvalue weighted by atomic mass is 19.4. The van der Waals surface area contributed by atoms with Gasteiger partial charge in [-0.05, 0) is 44.2 Å².